The van der Waals surface area contributed by atoms with Crippen molar-refractivity contribution in [3.05, 3.63) is 95.6 Å². The van der Waals surface area contributed by atoms with Gasteiger partial charge in [0.05, 0.1) is 0 Å². The Bertz CT molecular complexity index is 1050. The van der Waals surface area contributed by atoms with Crippen LogP contribution < -0.4 is 4.74 Å². The van der Waals surface area contributed by atoms with Gasteiger partial charge in [-0.05, 0) is 54.3 Å². The molecule has 0 aliphatic carbocycles. The van der Waals surface area contributed by atoms with E-state index in [1.54, 1.807) is 17.0 Å². The first-order valence-electron chi connectivity index (χ1n) is 11.0. The van der Waals surface area contributed by atoms with Gasteiger partial charge in [0.2, 0.25) is 0 Å². The summed E-state index contributed by atoms with van der Waals surface area (Å²) in [7, 11) is 0. The highest BCUT2D eigenvalue weighted by molar-refractivity contribution is 5.98. The number of piperidine rings is 1. The molecule has 3 aromatic carbocycles. The van der Waals surface area contributed by atoms with Gasteiger partial charge in [0.25, 0.3) is 5.91 Å². The number of para-hydroxylation sites is 1. The third kappa shape index (κ3) is 5.35. The SMILES string of the molecule is O=C(c1ccc(O)cc1)C1CCN(C(=O)COc2ccccc2Cc2ccccc2)CC1. The number of Topliss-reactive ketones (excluding diaryl/α,β-unsaturated/α-hetero) is 1. The van der Waals surface area contributed by atoms with E-state index in [1.165, 1.54) is 17.7 Å². The molecule has 0 atom stereocenters. The lowest BCUT2D eigenvalue weighted by molar-refractivity contribution is -0.134. The summed E-state index contributed by atoms with van der Waals surface area (Å²) in [6, 6.07) is 24.3. The molecular formula is C27H27NO4. The molecule has 0 spiro atoms. The van der Waals surface area contributed by atoms with E-state index in [1.807, 2.05) is 42.5 Å². The van der Waals surface area contributed by atoms with Crippen LogP contribution in [0, 0.1) is 5.92 Å². The van der Waals surface area contributed by atoms with E-state index in [4.69, 9.17) is 4.74 Å². The number of carbonyl (C=O) groups is 2. The molecule has 164 valence electrons. The highest BCUT2D eigenvalue weighted by Crippen LogP contribution is 2.24. The molecule has 1 N–H and O–H groups in total. The number of phenols is 1. The summed E-state index contributed by atoms with van der Waals surface area (Å²) >= 11 is 0. The number of rotatable bonds is 7. The van der Waals surface area contributed by atoms with Gasteiger partial charge in [-0.3, -0.25) is 9.59 Å². The molecular weight excluding hydrogens is 402 g/mol. The van der Waals surface area contributed by atoms with Gasteiger partial charge in [0, 0.05) is 31.0 Å². The zero-order valence-corrected chi connectivity index (χ0v) is 17.9. The van der Waals surface area contributed by atoms with Crippen LogP contribution in [0.1, 0.15) is 34.3 Å². The maximum atomic E-state index is 12.7. The van der Waals surface area contributed by atoms with Gasteiger partial charge in [-0.2, -0.15) is 0 Å². The van der Waals surface area contributed by atoms with Crippen LogP contribution in [0.2, 0.25) is 0 Å². The maximum absolute atomic E-state index is 12.7. The van der Waals surface area contributed by atoms with Crippen LogP contribution in [0.3, 0.4) is 0 Å². The van der Waals surface area contributed by atoms with E-state index in [0.29, 0.717) is 31.5 Å². The van der Waals surface area contributed by atoms with Crippen molar-refractivity contribution in [3.8, 4) is 11.5 Å². The number of hydrogen-bond acceptors (Lipinski definition) is 4. The van der Waals surface area contributed by atoms with Gasteiger partial charge in [0.15, 0.2) is 12.4 Å². The van der Waals surface area contributed by atoms with E-state index in [0.717, 1.165) is 17.7 Å². The van der Waals surface area contributed by atoms with Crippen molar-refractivity contribution in [1.82, 2.24) is 4.90 Å². The van der Waals surface area contributed by atoms with Crippen LogP contribution >= 0.6 is 0 Å². The summed E-state index contributed by atoms with van der Waals surface area (Å²) in [5.41, 5.74) is 2.84. The summed E-state index contributed by atoms with van der Waals surface area (Å²) in [4.78, 5) is 27.2. The highest BCUT2D eigenvalue weighted by atomic mass is 16.5. The molecule has 1 saturated heterocycles. The molecule has 1 amide bonds. The Hall–Kier alpha value is -3.60. The number of phenolic OH excluding ortho intramolecular Hbond substituents is 1. The summed E-state index contributed by atoms with van der Waals surface area (Å²) in [5, 5.41) is 9.40. The summed E-state index contributed by atoms with van der Waals surface area (Å²) < 4.78 is 5.90. The molecule has 4 rings (SSSR count). The molecule has 0 aromatic heterocycles. The number of ketones is 1. The number of nitrogens with zero attached hydrogens (tertiary/aromatic N) is 1. The van der Waals surface area contributed by atoms with Gasteiger partial charge in [-0.15, -0.1) is 0 Å². The van der Waals surface area contributed by atoms with Crippen LogP contribution in [0.25, 0.3) is 0 Å². The summed E-state index contributed by atoms with van der Waals surface area (Å²) in [5.74, 6) is 0.781. The predicted molar refractivity (Wildman–Crippen MR) is 123 cm³/mol. The van der Waals surface area contributed by atoms with Gasteiger partial charge in [-0.1, -0.05) is 48.5 Å². The average molecular weight is 430 g/mol. The van der Waals surface area contributed by atoms with E-state index in [9.17, 15) is 14.7 Å². The Morgan fingerprint density at radius 2 is 1.53 bits per heavy atom. The molecule has 3 aromatic rings. The minimum atomic E-state index is -0.101. The Morgan fingerprint density at radius 1 is 0.875 bits per heavy atom. The number of ether oxygens (including phenoxy) is 1. The first-order valence-corrected chi connectivity index (χ1v) is 11.0. The fourth-order valence-corrected chi connectivity index (χ4v) is 4.09. The molecule has 5 nitrogen and oxygen atoms in total. The Balaban J connectivity index is 1.29. The molecule has 5 heteroatoms. The van der Waals surface area contributed by atoms with Crippen LogP contribution in [0.15, 0.2) is 78.9 Å². The topological polar surface area (TPSA) is 66.8 Å². The molecule has 0 bridgehead atoms. The molecule has 0 unspecified atom stereocenters. The van der Waals surface area contributed by atoms with Crippen molar-refractivity contribution in [3.63, 3.8) is 0 Å². The van der Waals surface area contributed by atoms with Gasteiger partial charge in [0.1, 0.15) is 11.5 Å². The summed E-state index contributed by atoms with van der Waals surface area (Å²) in [6.45, 7) is 1.08. The second kappa shape index (κ2) is 10.1. The van der Waals surface area contributed by atoms with Crippen molar-refractivity contribution in [2.24, 2.45) is 5.92 Å². The third-order valence-corrected chi connectivity index (χ3v) is 5.93. The molecule has 1 heterocycles. The quantitative estimate of drug-likeness (QED) is 0.562. The smallest absolute Gasteiger partial charge is 0.260 e. The van der Waals surface area contributed by atoms with Gasteiger partial charge < -0.3 is 14.7 Å². The predicted octanol–water partition coefficient (Wildman–Crippen LogP) is 4.48. The average Bonchev–Trinajstić information content (AvgIpc) is 2.84. The molecule has 1 aliphatic rings. The third-order valence-electron chi connectivity index (χ3n) is 5.93. The monoisotopic (exact) mass is 429 g/mol. The lowest BCUT2D eigenvalue weighted by Crippen LogP contribution is -2.42. The number of likely N-dealkylation sites (tertiary alicyclic amines) is 1. The van der Waals surface area contributed by atoms with Crippen molar-refractivity contribution < 1.29 is 19.4 Å². The normalized spacial score (nSPS) is 14.2. The molecule has 1 fully saturated rings. The molecule has 0 saturated carbocycles. The van der Waals surface area contributed by atoms with Gasteiger partial charge in [-0.25, -0.2) is 0 Å². The fourth-order valence-electron chi connectivity index (χ4n) is 4.09. The van der Waals surface area contributed by atoms with Crippen LogP contribution in [-0.2, 0) is 11.2 Å². The zero-order chi connectivity index (χ0) is 22.3. The number of amides is 1. The number of hydrogen-bond donors (Lipinski definition) is 1. The number of aromatic hydroxyl groups is 1. The van der Waals surface area contributed by atoms with Crippen LogP contribution in [0.5, 0.6) is 11.5 Å². The fraction of sp³-hybridized carbons (Fsp3) is 0.259. The highest BCUT2D eigenvalue weighted by Gasteiger charge is 2.28. The minimum Gasteiger partial charge on any atom is -0.508 e. The van der Waals surface area contributed by atoms with Crippen molar-refractivity contribution >= 4 is 11.7 Å². The number of carbonyl (C=O) groups excluding carboxylic acids is 2. The van der Waals surface area contributed by atoms with Gasteiger partial charge >= 0.3 is 0 Å². The van der Waals surface area contributed by atoms with Crippen molar-refractivity contribution in [2.75, 3.05) is 19.7 Å². The van der Waals surface area contributed by atoms with Crippen molar-refractivity contribution in [1.29, 1.82) is 0 Å². The maximum Gasteiger partial charge on any atom is 0.260 e. The van der Waals surface area contributed by atoms with Crippen molar-refractivity contribution in [2.45, 2.75) is 19.3 Å². The molecule has 32 heavy (non-hydrogen) atoms. The second-order valence-electron chi connectivity index (χ2n) is 8.12. The van der Waals surface area contributed by atoms with Crippen LogP contribution in [-0.4, -0.2) is 41.4 Å². The zero-order valence-electron chi connectivity index (χ0n) is 17.9. The Morgan fingerprint density at radius 3 is 2.25 bits per heavy atom. The minimum absolute atomic E-state index is 0.0115. The van der Waals surface area contributed by atoms with E-state index in [2.05, 4.69) is 12.1 Å². The molecule has 1 aliphatic heterocycles. The summed E-state index contributed by atoms with van der Waals surface area (Å²) in [6.07, 6.45) is 2.02. The van der Waals surface area contributed by atoms with Crippen LogP contribution in [0.4, 0.5) is 0 Å². The second-order valence-corrected chi connectivity index (χ2v) is 8.12. The largest absolute Gasteiger partial charge is 0.508 e. The first kappa shape index (κ1) is 21.6. The molecule has 0 radical (unpaired) electrons. The Kier molecular flexibility index (Phi) is 6.85. The lowest BCUT2D eigenvalue weighted by atomic mass is 9.89. The first-order chi connectivity index (χ1) is 15.6. The van der Waals surface area contributed by atoms with E-state index in [-0.39, 0.29) is 30.0 Å². The number of benzene rings is 3. The van der Waals surface area contributed by atoms with E-state index < -0.39 is 0 Å². The lowest BCUT2D eigenvalue weighted by Gasteiger charge is -2.31. The standard InChI is InChI=1S/C27H27NO4/c29-24-12-10-21(11-13-24)27(31)22-14-16-28(17-15-22)26(30)19-32-25-9-5-4-8-23(25)18-20-6-2-1-3-7-20/h1-13,22,29H,14-19H2. The Labute approximate surface area is 188 Å². The van der Waals surface area contributed by atoms with E-state index >= 15 is 0 Å².